The zero-order chi connectivity index (χ0) is 14.4. The molecule has 1 aliphatic heterocycles. The predicted octanol–water partition coefficient (Wildman–Crippen LogP) is 2.80. The van der Waals surface area contributed by atoms with Gasteiger partial charge in [0.2, 0.25) is 0 Å². The molecule has 21 heavy (non-hydrogen) atoms. The average Bonchev–Trinajstić information content (AvgIpc) is 2.51. The Morgan fingerprint density at radius 1 is 1.33 bits per heavy atom. The second-order valence-corrected chi connectivity index (χ2v) is 6.35. The molecule has 5 heteroatoms. The summed E-state index contributed by atoms with van der Waals surface area (Å²) in [5.74, 6) is 0.499. The number of anilines is 1. The molecule has 0 spiro atoms. The third kappa shape index (κ3) is 2.18. The molecule has 3 N–H and O–H groups in total. The largest absolute Gasteiger partial charge is 0.378 e. The lowest BCUT2D eigenvalue weighted by Crippen LogP contribution is -2.69. The van der Waals surface area contributed by atoms with Crippen molar-refractivity contribution in [1.29, 1.82) is 0 Å². The lowest BCUT2D eigenvalue weighted by molar-refractivity contribution is -0.104. The molecule has 1 aliphatic carbocycles. The number of nitrogens with zero attached hydrogens (tertiary/aromatic N) is 1. The number of ether oxygens (including phenoxy) is 1. The van der Waals surface area contributed by atoms with Crippen LogP contribution in [0.2, 0.25) is 5.02 Å². The second-order valence-electron chi connectivity index (χ2n) is 5.91. The normalized spacial score (nSPS) is 31.5. The van der Waals surface area contributed by atoms with Gasteiger partial charge in [-0.25, -0.2) is 0 Å². The minimum absolute atomic E-state index is 0.158. The molecule has 1 aromatic heterocycles. The highest BCUT2D eigenvalue weighted by Crippen LogP contribution is 2.39. The lowest BCUT2D eigenvalue weighted by Gasteiger charge is -2.52. The summed E-state index contributed by atoms with van der Waals surface area (Å²) in [6.45, 7) is 0.846. The number of hydrogen-bond donors (Lipinski definition) is 2. The third-order valence-electron chi connectivity index (χ3n) is 4.70. The highest BCUT2D eigenvalue weighted by atomic mass is 35.5. The van der Waals surface area contributed by atoms with Gasteiger partial charge >= 0.3 is 0 Å². The summed E-state index contributed by atoms with van der Waals surface area (Å²) in [5, 5.41) is 5.32. The smallest absolute Gasteiger partial charge is 0.0834 e. The molecule has 0 radical (unpaired) electrons. The van der Waals surface area contributed by atoms with E-state index in [4.69, 9.17) is 22.1 Å². The van der Waals surface area contributed by atoms with Crippen molar-refractivity contribution >= 4 is 28.2 Å². The quantitative estimate of drug-likeness (QED) is 0.895. The number of nitrogens with two attached hydrogens (primary N) is 1. The third-order valence-corrected chi connectivity index (χ3v) is 4.94. The number of aromatic nitrogens is 1. The van der Waals surface area contributed by atoms with E-state index in [9.17, 15) is 0 Å². The van der Waals surface area contributed by atoms with Crippen LogP contribution >= 0.6 is 11.6 Å². The molecule has 4 atom stereocenters. The van der Waals surface area contributed by atoms with Gasteiger partial charge in [0.05, 0.1) is 17.7 Å². The van der Waals surface area contributed by atoms with E-state index in [1.165, 1.54) is 6.42 Å². The minimum Gasteiger partial charge on any atom is -0.378 e. The number of hydrogen-bond acceptors (Lipinski definition) is 4. The number of fused-ring (bicyclic) bond motifs is 2. The summed E-state index contributed by atoms with van der Waals surface area (Å²) < 4.78 is 5.88. The first-order valence-corrected chi connectivity index (χ1v) is 7.80. The number of pyridine rings is 1. The van der Waals surface area contributed by atoms with Crippen molar-refractivity contribution in [3.05, 3.63) is 35.5 Å². The Morgan fingerprint density at radius 3 is 3.14 bits per heavy atom. The SMILES string of the molecule is NC1C2CCCOC2C1Nc1ccnc2cc(Cl)ccc12. The molecule has 4 nitrogen and oxygen atoms in total. The average molecular weight is 304 g/mol. The van der Waals surface area contributed by atoms with E-state index in [1.807, 2.05) is 24.3 Å². The molecule has 2 aliphatic rings. The van der Waals surface area contributed by atoms with E-state index in [0.29, 0.717) is 10.9 Å². The summed E-state index contributed by atoms with van der Waals surface area (Å²) in [6, 6.07) is 8.08. The van der Waals surface area contributed by atoms with Gasteiger partial charge in [0, 0.05) is 40.9 Å². The summed E-state index contributed by atoms with van der Waals surface area (Å²) in [6.07, 6.45) is 4.34. The summed E-state index contributed by atoms with van der Waals surface area (Å²) in [7, 11) is 0. The van der Waals surface area contributed by atoms with Crippen LogP contribution in [0.25, 0.3) is 10.9 Å². The Labute approximate surface area is 128 Å². The van der Waals surface area contributed by atoms with Crippen molar-refractivity contribution in [2.24, 2.45) is 11.7 Å². The van der Waals surface area contributed by atoms with Crippen molar-refractivity contribution < 1.29 is 4.74 Å². The highest BCUT2D eigenvalue weighted by molar-refractivity contribution is 6.31. The van der Waals surface area contributed by atoms with Gasteiger partial charge in [-0.1, -0.05) is 11.6 Å². The number of halogens is 1. The number of rotatable bonds is 2. The van der Waals surface area contributed by atoms with E-state index >= 15 is 0 Å². The van der Waals surface area contributed by atoms with Crippen molar-refractivity contribution in [2.75, 3.05) is 11.9 Å². The van der Waals surface area contributed by atoms with Gasteiger partial charge in [-0.15, -0.1) is 0 Å². The van der Waals surface area contributed by atoms with Crippen LogP contribution in [0.15, 0.2) is 30.5 Å². The van der Waals surface area contributed by atoms with Crippen LogP contribution in [0.1, 0.15) is 12.8 Å². The van der Waals surface area contributed by atoms with E-state index in [-0.39, 0.29) is 18.2 Å². The van der Waals surface area contributed by atoms with Crippen LogP contribution in [0.4, 0.5) is 5.69 Å². The molecule has 1 saturated heterocycles. The predicted molar refractivity (Wildman–Crippen MR) is 84.6 cm³/mol. The fourth-order valence-corrected chi connectivity index (χ4v) is 3.72. The molecule has 2 aromatic rings. The Kier molecular flexibility index (Phi) is 3.25. The molecule has 1 saturated carbocycles. The van der Waals surface area contributed by atoms with Crippen LogP contribution in [0.3, 0.4) is 0 Å². The van der Waals surface area contributed by atoms with Crippen molar-refractivity contribution in [1.82, 2.24) is 4.98 Å². The van der Waals surface area contributed by atoms with Crippen LogP contribution in [0, 0.1) is 5.92 Å². The standard InChI is InChI=1S/C16H18ClN3O/c17-9-3-4-10-12(5-6-19-13(10)8-9)20-15-14(18)11-2-1-7-21-16(11)15/h3-6,8,11,14-16H,1-2,7,18H2,(H,19,20). The van der Waals surface area contributed by atoms with Gasteiger partial charge in [0.25, 0.3) is 0 Å². The first-order chi connectivity index (χ1) is 10.2. The summed E-state index contributed by atoms with van der Waals surface area (Å²) in [5.41, 5.74) is 8.25. The maximum atomic E-state index is 6.31. The molecule has 4 rings (SSSR count). The molecular formula is C16H18ClN3O. The first kappa shape index (κ1) is 13.3. The van der Waals surface area contributed by atoms with Crippen LogP contribution in [0.5, 0.6) is 0 Å². The van der Waals surface area contributed by atoms with E-state index in [2.05, 4.69) is 10.3 Å². The van der Waals surface area contributed by atoms with Gasteiger partial charge in [0.15, 0.2) is 0 Å². The Morgan fingerprint density at radius 2 is 2.24 bits per heavy atom. The molecule has 1 aromatic carbocycles. The minimum atomic E-state index is 0.158. The van der Waals surface area contributed by atoms with Gasteiger partial charge in [-0.2, -0.15) is 0 Å². The molecule has 2 heterocycles. The van der Waals surface area contributed by atoms with Crippen LogP contribution in [-0.4, -0.2) is 29.8 Å². The Balaban J connectivity index is 1.63. The molecular weight excluding hydrogens is 286 g/mol. The van der Waals surface area contributed by atoms with Gasteiger partial charge in [-0.05, 0) is 37.1 Å². The maximum Gasteiger partial charge on any atom is 0.0834 e. The van der Waals surface area contributed by atoms with E-state index in [0.717, 1.165) is 29.6 Å². The first-order valence-electron chi connectivity index (χ1n) is 7.42. The van der Waals surface area contributed by atoms with Crippen LogP contribution in [-0.2, 0) is 4.74 Å². The zero-order valence-corrected chi connectivity index (χ0v) is 12.4. The van der Waals surface area contributed by atoms with E-state index < -0.39 is 0 Å². The number of nitrogens with one attached hydrogen (secondary N) is 1. The van der Waals surface area contributed by atoms with Crippen molar-refractivity contribution in [3.63, 3.8) is 0 Å². The zero-order valence-electron chi connectivity index (χ0n) is 11.6. The molecule has 0 amide bonds. The monoisotopic (exact) mass is 303 g/mol. The second kappa shape index (κ2) is 5.13. The highest BCUT2D eigenvalue weighted by Gasteiger charge is 2.50. The van der Waals surface area contributed by atoms with E-state index in [1.54, 1.807) is 6.20 Å². The lowest BCUT2D eigenvalue weighted by atomic mass is 9.68. The summed E-state index contributed by atoms with van der Waals surface area (Å²) in [4.78, 5) is 4.37. The van der Waals surface area contributed by atoms with Gasteiger partial charge < -0.3 is 15.8 Å². The molecule has 110 valence electrons. The molecule has 4 unspecified atom stereocenters. The summed E-state index contributed by atoms with van der Waals surface area (Å²) >= 11 is 6.03. The fraction of sp³-hybridized carbons (Fsp3) is 0.438. The molecule has 0 bridgehead atoms. The van der Waals surface area contributed by atoms with Crippen molar-refractivity contribution in [3.8, 4) is 0 Å². The number of benzene rings is 1. The maximum absolute atomic E-state index is 6.31. The fourth-order valence-electron chi connectivity index (χ4n) is 3.55. The Hall–Kier alpha value is -1.36. The topological polar surface area (TPSA) is 60.2 Å². The van der Waals surface area contributed by atoms with Crippen molar-refractivity contribution in [2.45, 2.75) is 31.0 Å². The molecule has 2 fully saturated rings. The van der Waals surface area contributed by atoms with Gasteiger partial charge in [-0.3, -0.25) is 4.98 Å². The van der Waals surface area contributed by atoms with Gasteiger partial charge in [0.1, 0.15) is 0 Å². The Bertz CT molecular complexity index is 678. The van der Waals surface area contributed by atoms with Crippen LogP contribution < -0.4 is 11.1 Å².